The van der Waals surface area contributed by atoms with Gasteiger partial charge in [-0.25, -0.2) is 0 Å². The number of Topliss-reactive ketones (excluding diaryl/α,β-unsaturated/α-hetero) is 1. The van der Waals surface area contributed by atoms with Crippen LogP contribution in [0.4, 0.5) is 0 Å². The second kappa shape index (κ2) is 2.94. The predicted molar refractivity (Wildman–Crippen MR) is 59.0 cm³/mol. The number of aromatic amines is 1. The molecular formula is C12H12N2O. The molecule has 0 amide bonds. The Morgan fingerprint density at radius 1 is 1.33 bits per heavy atom. The lowest BCUT2D eigenvalue weighted by Gasteiger charge is -2.19. The molecule has 76 valence electrons. The van der Waals surface area contributed by atoms with E-state index >= 15 is 0 Å². The fourth-order valence-corrected chi connectivity index (χ4v) is 2.22. The Labute approximate surface area is 87.5 Å². The first-order valence-corrected chi connectivity index (χ1v) is 5.14. The Bertz CT molecular complexity index is 542. The fraction of sp³-hybridized carbons (Fsp3) is 0.250. The lowest BCUT2D eigenvalue weighted by molar-refractivity contribution is 0.0978. The van der Waals surface area contributed by atoms with E-state index in [1.165, 1.54) is 0 Å². The number of carbonyl (C=O) groups is 1. The van der Waals surface area contributed by atoms with E-state index in [4.69, 9.17) is 0 Å². The van der Waals surface area contributed by atoms with Gasteiger partial charge in [0.25, 0.3) is 0 Å². The molecule has 0 radical (unpaired) electrons. The van der Waals surface area contributed by atoms with Gasteiger partial charge in [-0.3, -0.25) is 4.79 Å². The lowest BCUT2D eigenvalue weighted by atomic mass is 9.99. The number of carbonyl (C=O) groups excluding carboxylic acids is 1. The number of nitrogens with one attached hydrogen (secondary N) is 2. The van der Waals surface area contributed by atoms with E-state index in [0.717, 1.165) is 22.2 Å². The van der Waals surface area contributed by atoms with E-state index in [1.807, 2.05) is 24.3 Å². The van der Waals surface area contributed by atoms with Crippen molar-refractivity contribution < 1.29 is 4.79 Å². The molecule has 1 aromatic carbocycles. The SMILES string of the molecule is CC1NCC(=O)c2c1[nH]c1ccccc21. The Kier molecular flexibility index (Phi) is 1.70. The van der Waals surface area contributed by atoms with Crippen molar-refractivity contribution in [1.29, 1.82) is 0 Å². The van der Waals surface area contributed by atoms with Gasteiger partial charge in [0.2, 0.25) is 0 Å². The van der Waals surface area contributed by atoms with Crippen LogP contribution in [0.1, 0.15) is 29.0 Å². The summed E-state index contributed by atoms with van der Waals surface area (Å²) in [6.07, 6.45) is 0. The number of hydrogen-bond donors (Lipinski definition) is 2. The summed E-state index contributed by atoms with van der Waals surface area (Å²) in [6.45, 7) is 2.51. The number of aromatic nitrogens is 1. The third-order valence-electron chi connectivity index (χ3n) is 3.02. The highest BCUT2D eigenvalue weighted by molar-refractivity contribution is 6.11. The molecule has 1 aromatic heterocycles. The van der Waals surface area contributed by atoms with Crippen molar-refractivity contribution in [2.24, 2.45) is 0 Å². The Balaban J connectivity index is 2.39. The third-order valence-corrected chi connectivity index (χ3v) is 3.02. The predicted octanol–water partition coefficient (Wildman–Crippen LogP) is 2.01. The van der Waals surface area contributed by atoms with Crippen molar-refractivity contribution in [3.8, 4) is 0 Å². The molecule has 2 N–H and O–H groups in total. The second-order valence-corrected chi connectivity index (χ2v) is 3.99. The Morgan fingerprint density at radius 2 is 2.13 bits per heavy atom. The molecule has 0 saturated carbocycles. The number of rotatable bonds is 0. The van der Waals surface area contributed by atoms with Gasteiger partial charge in [-0.15, -0.1) is 0 Å². The van der Waals surface area contributed by atoms with Crippen molar-refractivity contribution >= 4 is 16.7 Å². The molecule has 0 bridgehead atoms. The van der Waals surface area contributed by atoms with Gasteiger partial charge in [0, 0.05) is 28.2 Å². The number of benzene rings is 1. The Morgan fingerprint density at radius 3 is 3.00 bits per heavy atom. The van der Waals surface area contributed by atoms with Crippen LogP contribution in [-0.4, -0.2) is 17.3 Å². The summed E-state index contributed by atoms with van der Waals surface area (Å²) in [5, 5.41) is 4.22. The van der Waals surface area contributed by atoms with Gasteiger partial charge >= 0.3 is 0 Å². The summed E-state index contributed by atoms with van der Waals surface area (Å²) in [6, 6.07) is 8.18. The summed E-state index contributed by atoms with van der Waals surface area (Å²) < 4.78 is 0. The average molecular weight is 200 g/mol. The monoisotopic (exact) mass is 200 g/mol. The maximum absolute atomic E-state index is 11.8. The number of para-hydroxylation sites is 1. The minimum Gasteiger partial charge on any atom is -0.356 e. The van der Waals surface area contributed by atoms with Crippen LogP contribution in [0.5, 0.6) is 0 Å². The molecule has 3 heteroatoms. The molecule has 1 aliphatic rings. The van der Waals surface area contributed by atoms with Gasteiger partial charge < -0.3 is 10.3 Å². The maximum Gasteiger partial charge on any atom is 0.179 e. The molecule has 1 atom stereocenters. The first kappa shape index (κ1) is 8.68. The highest BCUT2D eigenvalue weighted by atomic mass is 16.1. The zero-order valence-corrected chi connectivity index (χ0v) is 8.50. The van der Waals surface area contributed by atoms with Crippen molar-refractivity contribution in [3.63, 3.8) is 0 Å². The van der Waals surface area contributed by atoms with E-state index in [9.17, 15) is 4.79 Å². The van der Waals surface area contributed by atoms with Crippen LogP contribution in [0.15, 0.2) is 24.3 Å². The Hall–Kier alpha value is -1.61. The van der Waals surface area contributed by atoms with Crippen LogP contribution < -0.4 is 5.32 Å². The molecule has 0 spiro atoms. The van der Waals surface area contributed by atoms with Crippen LogP contribution >= 0.6 is 0 Å². The second-order valence-electron chi connectivity index (χ2n) is 3.99. The zero-order valence-electron chi connectivity index (χ0n) is 8.50. The molecule has 0 fully saturated rings. The van der Waals surface area contributed by atoms with Crippen LogP contribution in [0.3, 0.4) is 0 Å². The topological polar surface area (TPSA) is 44.9 Å². The summed E-state index contributed by atoms with van der Waals surface area (Å²) in [5.41, 5.74) is 2.94. The molecular weight excluding hydrogens is 188 g/mol. The standard InChI is InChI=1S/C12H12N2O/c1-7-12-11(10(15)6-13-7)8-4-2-3-5-9(8)14-12/h2-5,7,13-14H,6H2,1H3. The first-order valence-electron chi connectivity index (χ1n) is 5.14. The summed E-state index contributed by atoms with van der Waals surface area (Å²) >= 11 is 0. The fourth-order valence-electron chi connectivity index (χ4n) is 2.22. The zero-order chi connectivity index (χ0) is 10.4. The lowest BCUT2D eigenvalue weighted by Crippen LogP contribution is -2.32. The van der Waals surface area contributed by atoms with Gasteiger partial charge in [0.1, 0.15) is 0 Å². The number of H-pyrrole nitrogens is 1. The molecule has 3 rings (SSSR count). The molecule has 15 heavy (non-hydrogen) atoms. The number of fused-ring (bicyclic) bond motifs is 3. The highest BCUT2D eigenvalue weighted by Gasteiger charge is 2.26. The first-order chi connectivity index (χ1) is 7.27. The quantitative estimate of drug-likeness (QED) is 0.683. The van der Waals surface area contributed by atoms with E-state index in [0.29, 0.717) is 6.54 Å². The molecule has 3 nitrogen and oxygen atoms in total. The van der Waals surface area contributed by atoms with Crippen molar-refractivity contribution in [3.05, 3.63) is 35.5 Å². The van der Waals surface area contributed by atoms with E-state index in [1.54, 1.807) is 0 Å². The normalized spacial score (nSPS) is 20.6. The van der Waals surface area contributed by atoms with Crippen molar-refractivity contribution in [2.45, 2.75) is 13.0 Å². The molecule has 1 aliphatic heterocycles. The third kappa shape index (κ3) is 1.13. The summed E-state index contributed by atoms with van der Waals surface area (Å²) in [4.78, 5) is 15.1. The minimum absolute atomic E-state index is 0.181. The van der Waals surface area contributed by atoms with Gasteiger partial charge in [0.15, 0.2) is 5.78 Å². The van der Waals surface area contributed by atoms with Gasteiger partial charge in [-0.1, -0.05) is 18.2 Å². The van der Waals surface area contributed by atoms with Crippen LogP contribution in [0, 0.1) is 0 Å². The molecule has 0 aliphatic carbocycles. The molecule has 0 saturated heterocycles. The van der Waals surface area contributed by atoms with Crippen LogP contribution in [0.2, 0.25) is 0 Å². The summed E-state index contributed by atoms with van der Waals surface area (Å²) in [7, 11) is 0. The van der Waals surface area contributed by atoms with Gasteiger partial charge in [0.05, 0.1) is 6.54 Å². The highest BCUT2D eigenvalue weighted by Crippen LogP contribution is 2.29. The molecule has 1 unspecified atom stereocenters. The van der Waals surface area contributed by atoms with Crippen molar-refractivity contribution in [1.82, 2.24) is 10.3 Å². The number of ketones is 1. The van der Waals surface area contributed by atoms with Crippen LogP contribution in [-0.2, 0) is 0 Å². The summed E-state index contributed by atoms with van der Waals surface area (Å²) in [5.74, 6) is 0.181. The van der Waals surface area contributed by atoms with Gasteiger partial charge in [-0.05, 0) is 13.0 Å². The molecule has 2 aromatic rings. The smallest absolute Gasteiger partial charge is 0.179 e. The molecule has 2 heterocycles. The van der Waals surface area contributed by atoms with E-state index in [2.05, 4.69) is 17.2 Å². The van der Waals surface area contributed by atoms with E-state index < -0.39 is 0 Å². The largest absolute Gasteiger partial charge is 0.356 e. The van der Waals surface area contributed by atoms with Crippen LogP contribution in [0.25, 0.3) is 10.9 Å². The van der Waals surface area contributed by atoms with E-state index in [-0.39, 0.29) is 11.8 Å². The van der Waals surface area contributed by atoms with Crippen molar-refractivity contribution in [2.75, 3.05) is 6.54 Å². The number of hydrogen-bond acceptors (Lipinski definition) is 2. The minimum atomic E-state index is 0.181. The maximum atomic E-state index is 11.8. The van der Waals surface area contributed by atoms with Gasteiger partial charge in [-0.2, -0.15) is 0 Å². The average Bonchev–Trinajstić information content (AvgIpc) is 2.64.